The number of alkyl halides is 4. The minimum atomic E-state index is -4.80. The summed E-state index contributed by atoms with van der Waals surface area (Å²) in [6.45, 7) is -0.192. The topological polar surface area (TPSA) is 67.4 Å². The average molecular weight is 292 g/mol. The zero-order chi connectivity index (χ0) is 14.9. The molecule has 0 fully saturated rings. The van der Waals surface area contributed by atoms with Crippen LogP contribution in [0.25, 0.3) is 0 Å². The predicted molar refractivity (Wildman–Crippen MR) is 60.1 cm³/mol. The maximum Gasteiger partial charge on any atom is 0.383 e. The normalized spacial score (nSPS) is 14.3. The first kappa shape index (κ1) is 14.1. The molecule has 0 aliphatic carbocycles. The van der Waals surface area contributed by atoms with Gasteiger partial charge >= 0.3 is 18.3 Å². The maximum atomic E-state index is 12.8. The van der Waals surface area contributed by atoms with Gasteiger partial charge in [-0.2, -0.15) is 8.78 Å². The van der Waals surface area contributed by atoms with Crippen LogP contribution in [0.5, 0.6) is 5.75 Å². The number of hydrogen-bond donors (Lipinski definition) is 2. The molecule has 1 aliphatic rings. The molecule has 0 aromatic heterocycles. The highest BCUT2D eigenvalue weighted by Crippen LogP contribution is 2.31. The van der Waals surface area contributed by atoms with E-state index in [0.29, 0.717) is 0 Å². The van der Waals surface area contributed by atoms with Gasteiger partial charge in [0.25, 0.3) is 5.91 Å². The van der Waals surface area contributed by atoms with Gasteiger partial charge in [0.2, 0.25) is 0 Å². The second-order valence-corrected chi connectivity index (χ2v) is 3.93. The molecular weight excluding hydrogens is 284 g/mol. The highest BCUT2D eigenvalue weighted by molar-refractivity contribution is 5.99. The number of rotatable bonds is 3. The van der Waals surface area contributed by atoms with Crippen LogP contribution in [-0.2, 0) is 9.59 Å². The summed E-state index contributed by atoms with van der Waals surface area (Å²) >= 11 is 0. The van der Waals surface area contributed by atoms with E-state index in [1.165, 1.54) is 12.1 Å². The largest absolute Gasteiger partial charge is 0.482 e. The van der Waals surface area contributed by atoms with Gasteiger partial charge in [-0.1, -0.05) is 0 Å². The van der Waals surface area contributed by atoms with Gasteiger partial charge < -0.3 is 15.4 Å². The fourth-order valence-electron chi connectivity index (χ4n) is 1.47. The van der Waals surface area contributed by atoms with E-state index in [2.05, 4.69) is 5.32 Å². The molecule has 0 atom stereocenters. The summed E-state index contributed by atoms with van der Waals surface area (Å²) in [7, 11) is 0. The van der Waals surface area contributed by atoms with Gasteiger partial charge in [0.1, 0.15) is 5.75 Å². The third kappa shape index (κ3) is 2.65. The molecule has 1 heterocycles. The minimum Gasteiger partial charge on any atom is -0.482 e. The zero-order valence-electron chi connectivity index (χ0n) is 9.75. The molecule has 108 valence electrons. The first-order valence-electron chi connectivity index (χ1n) is 5.35. The Bertz CT molecular complexity index is 563. The lowest BCUT2D eigenvalue weighted by Crippen LogP contribution is -2.41. The van der Waals surface area contributed by atoms with Crippen molar-refractivity contribution in [3.8, 4) is 5.75 Å². The molecule has 5 nitrogen and oxygen atoms in total. The monoisotopic (exact) mass is 292 g/mol. The third-order valence-corrected chi connectivity index (χ3v) is 2.45. The molecule has 0 saturated carbocycles. The number of halogens is 4. The molecule has 1 aromatic carbocycles. The van der Waals surface area contributed by atoms with Crippen LogP contribution < -0.4 is 15.4 Å². The summed E-state index contributed by atoms with van der Waals surface area (Å²) in [5, 5.41) is 4.04. The lowest BCUT2D eigenvalue weighted by Gasteiger charge is -2.19. The number of ether oxygens (including phenoxy) is 1. The molecule has 20 heavy (non-hydrogen) atoms. The highest BCUT2D eigenvalue weighted by atomic mass is 19.3. The second-order valence-electron chi connectivity index (χ2n) is 3.93. The Kier molecular flexibility index (Phi) is 3.51. The molecule has 9 heteroatoms. The van der Waals surface area contributed by atoms with Crippen molar-refractivity contribution in [2.24, 2.45) is 0 Å². The zero-order valence-corrected chi connectivity index (χ0v) is 9.75. The van der Waals surface area contributed by atoms with Crippen molar-refractivity contribution in [2.75, 3.05) is 17.2 Å². The van der Waals surface area contributed by atoms with E-state index in [1.54, 1.807) is 5.32 Å². The van der Waals surface area contributed by atoms with Crippen molar-refractivity contribution in [1.29, 1.82) is 0 Å². The summed E-state index contributed by atoms with van der Waals surface area (Å²) in [6.07, 6.45) is -4.11. The Morgan fingerprint density at radius 2 is 2.10 bits per heavy atom. The van der Waals surface area contributed by atoms with Gasteiger partial charge in [-0.3, -0.25) is 9.59 Å². The number of benzene rings is 1. The summed E-state index contributed by atoms with van der Waals surface area (Å²) in [5.74, 6) is -7.10. The fourth-order valence-corrected chi connectivity index (χ4v) is 1.47. The van der Waals surface area contributed by atoms with Crippen LogP contribution in [0.15, 0.2) is 18.2 Å². The van der Waals surface area contributed by atoms with Gasteiger partial charge in [0.05, 0.1) is 5.69 Å². The third-order valence-electron chi connectivity index (χ3n) is 2.45. The van der Waals surface area contributed by atoms with E-state index in [-0.39, 0.29) is 23.7 Å². The number of nitrogens with one attached hydrogen (secondary N) is 2. The van der Waals surface area contributed by atoms with E-state index in [4.69, 9.17) is 4.74 Å². The Balaban J connectivity index is 2.17. The van der Waals surface area contributed by atoms with Crippen LogP contribution in [0, 0.1) is 0 Å². The maximum absolute atomic E-state index is 12.8. The van der Waals surface area contributed by atoms with Crippen molar-refractivity contribution in [3.05, 3.63) is 18.2 Å². The molecular formula is C11H8F4N2O3. The minimum absolute atomic E-state index is 0.152. The fraction of sp³-hybridized carbons (Fsp3) is 0.273. The van der Waals surface area contributed by atoms with Crippen molar-refractivity contribution < 1.29 is 31.9 Å². The van der Waals surface area contributed by atoms with Gasteiger partial charge in [-0.05, 0) is 18.2 Å². The predicted octanol–water partition coefficient (Wildman–Crippen LogP) is 1.86. The van der Waals surface area contributed by atoms with Crippen molar-refractivity contribution in [2.45, 2.75) is 12.3 Å². The van der Waals surface area contributed by atoms with Crippen LogP contribution in [0.4, 0.5) is 28.9 Å². The lowest BCUT2D eigenvalue weighted by atomic mass is 10.2. The number of fused-ring (bicyclic) bond motifs is 1. The molecule has 0 bridgehead atoms. The van der Waals surface area contributed by atoms with Crippen molar-refractivity contribution in [3.63, 3.8) is 0 Å². The Morgan fingerprint density at radius 3 is 2.75 bits per heavy atom. The quantitative estimate of drug-likeness (QED) is 0.836. The number of carbonyl (C=O) groups excluding carboxylic acids is 2. The molecule has 1 aromatic rings. The molecule has 2 N–H and O–H groups in total. The van der Waals surface area contributed by atoms with E-state index >= 15 is 0 Å². The number of amides is 2. The van der Waals surface area contributed by atoms with E-state index in [9.17, 15) is 27.2 Å². The second kappa shape index (κ2) is 4.99. The number of carbonyl (C=O) groups is 2. The van der Waals surface area contributed by atoms with Crippen LogP contribution >= 0.6 is 0 Å². The van der Waals surface area contributed by atoms with Crippen LogP contribution in [-0.4, -0.2) is 30.8 Å². The van der Waals surface area contributed by atoms with Gasteiger partial charge in [0.15, 0.2) is 6.61 Å². The number of hydrogen-bond acceptors (Lipinski definition) is 3. The summed E-state index contributed by atoms with van der Waals surface area (Å²) in [5.41, 5.74) is -0.0145. The van der Waals surface area contributed by atoms with Crippen molar-refractivity contribution in [1.82, 2.24) is 0 Å². The first-order chi connectivity index (χ1) is 9.30. The average Bonchev–Trinajstić information content (AvgIpc) is 2.37. The molecule has 2 rings (SSSR count). The smallest absolute Gasteiger partial charge is 0.383 e. The molecule has 2 amide bonds. The van der Waals surface area contributed by atoms with E-state index in [0.717, 1.165) is 6.07 Å². The standard InChI is InChI=1S/C11H8F4N2O3/c12-9(13)11(14,15)10(19)16-5-1-2-7-6(3-5)17-8(18)4-20-7/h1-3,9H,4H2,(H,16,19)(H,17,18). The first-order valence-corrected chi connectivity index (χ1v) is 5.35. The lowest BCUT2D eigenvalue weighted by molar-refractivity contribution is -0.163. The van der Waals surface area contributed by atoms with Crippen molar-refractivity contribution >= 4 is 23.2 Å². The Hall–Kier alpha value is -2.32. The SMILES string of the molecule is O=C1COc2ccc(NC(=O)C(F)(F)C(F)F)cc2N1. The Morgan fingerprint density at radius 1 is 1.40 bits per heavy atom. The van der Waals surface area contributed by atoms with Gasteiger partial charge in [0, 0.05) is 5.69 Å². The number of anilines is 2. The van der Waals surface area contributed by atoms with Crippen LogP contribution in [0.2, 0.25) is 0 Å². The van der Waals surface area contributed by atoms with Crippen LogP contribution in [0.1, 0.15) is 0 Å². The summed E-state index contributed by atoms with van der Waals surface area (Å²) < 4.78 is 54.6. The summed E-state index contributed by atoms with van der Waals surface area (Å²) in [4.78, 5) is 22.1. The molecule has 0 spiro atoms. The molecule has 0 saturated heterocycles. The van der Waals surface area contributed by atoms with Gasteiger partial charge in [-0.15, -0.1) is 0 Å². The molecule has 0 unspecified atom stereocenters. The summed E-state index contributed by atoms with van der Waals surface area (Å²) in [6, 6.07) is 3.63. The van der Waals surface area contributed by atoms with Gasteiger partial charge in [-0.25, -0.2) is 8.78 Å². The molecule has 1 aliphatic heterocycles. The van der Waals surface area contributed by atoms with E-state index < -0.39 is 24.2 Å². The Labute approximate surface area is 109 Å². The van der Waals surface area contributed by atoms with E-state index in [1.807, 2.05) is 0 Å². The molecule has 0 radical (unpaired) electrons. The highest BCUT2D eigenvalue weighted by Gasteiger charge is 2.49. The van der Waals surface area contributed by atoms with Crippen LogP contribution in [0.3, 0.4) is 0 Å².